The third kappa shape index (κ3) is 5.27. The fraction of sp³-hybridized carbons (Fsp3) is 0.130. The summed E-state index contributed by atoms with van der Waals surface area (Å²) >= 11 is 5.83. The minimum Gasteiger partial charge on any atom is -0.504 e. The number of aliphatic carboxylic acids is 1. The summed E-state index contributed by atoms with van der Waals surface area (Å²) in [5.41, 5.74) is -0.733. The summed E-state index contributed by atoms with van der Waals surface area (Å²) in [6, 6.07) is 7.66. The lowest BCUT2D eigenvalue weighted by Crippen LogP contribution is -2.11. The number of hydrogen-bond donors (Lipinski definition) is 3. The Bertz CT molecular complexity index is 1620. The van der Waals surface area contributed by atoms with Crippen molar-refractivity contribution in [3.63, 3.8) is 0 Å². The summed E-state index contributed by atoms with van der Waals surface area (Å²) in [5, 5.41) is 28.6. The first kappa shape index (κ1) is 26.1. The molecule has 0 unspecified atom stereocenters. The molecular weight excluding hydrogens is 541 g/mol. The molecule has 0 aliphatic heterocycles. The van der Waals surface area contributed by atoms with E-state index in [2.05, 4.69) is 4.98 Å². The number of phenols is 2. The first-order chi connectivity index (χ1) is 17.3. The molecule has 0 saturated heterocycles. The summed E-state index contributed by atoms with van der Waals surface area (Å²) in [6.07, 6.45) is -3.22. The van der Waals surface area contributed by atoms with E-state index in [0.29, 0.717) is 17.8 Å². The predicted octanol–water partition coefficient (Wildman–Crippen LogP) is 5.17. The van der Waals surface area contributed by atoms with E-state index in [0.717, 1.165) is 16.1 Å². The van der Waals surface area contributed by atoms with Crippen LogP contribution in [0.25, 0.3) is 10.9 Å². The lowest BCUT2D eigenvalue weighted by molar-refractivity contribution is -0.138. The van der Waals surface area contributed by atoms with Crippen LogP contribution in [0.5, 0.6) is 23.1 Å². The van der Waals surface area contributed by atoms with Crippen molar-refractivity contribution in [2.24, 2.45) is 0 Å². The van der Waals surface area contributed by atoms with E-state index < -0.39 is 44.3 Å². The van der Waals surface area contributed by atoms with Crippen molar-refractivity contribution in [3.8, 4) is 23.1 Å². The number of halogens is 4. The highest BCUT2D eigenvalue weighted by Crippen LogP contribution is 2.37. The van der Waals surface area contributed by atoms with Gasteiger partial charge in [-0.25, -0.2) is 17.4 Å². The Morgan fingerprint density at radius 1 is 1.08 bits per heavy atom. The molecule has 9 nitrogen and oxygen atoms in total. The normalized spacial score (nSPS) is 12.1. The molecule has 0 radical (unpaired) electrons. The zero-order chi connectivity index (χ0) is 27.1. The van der Waals surface area contributed by atoms with E-state index >= 15 is 0 Å². The number of carbonyl (C=O) groups is 1. The highest BCUT2D eigenvalue weighted by Gasteiger charge is 2.32. The van der Waals surface area contributed by atoms with E-state index in [1.165, 1.54) is 30.5 Å². The van der Waals surface area contributed by atoms with Gasteiger partial charge in [0.15, 0.2) is 11.5 Å². The van der Waals surface area contributed by atoms with Crippen molar-refractivity contribution in [3.05, 3.63) is 71.0 Å². The number of nitrogens with zero attached hydrogens (tertiary/aromatic N) is 2. The molecule has 0 aliphatic rings. The molecule has 0 spiro atoms. The first-order valence-electron chi connectivity index (χ1n) is 10.3. The topological polar surface area (TPSA) is 139 Å². The van der Waals surface area contributed by atoms with Crippen LogP contribution in [-0.2, 0) is 27.4 Å². The smallest absolute Gasteiger partial charge is 0.417 e. The molecule has 14 heteroatoms. The molecule has 37 heavy (non-hydrogen) atoms. The Balaban J connectivity index is 1.67. The van der Waals surface area contributed by atoms with Gasteiger partial charge in [-0.2, -0.15) is 13.2 Å². The van der Waals surface area contributed by atoms with Gasteiger partial charge in [-0.05, 0) is 48.4 Å². The van der Waals surface area contributed by atoms with Crippen LogP contribution in [0.15, 0.2) is 59.8 Å². The second-order valence-corrected chi connectivity index (χ2v) is 10.0. The minimum atomic E-state index is -4.64. The Morgan fingerprint density at radius 2 is 1.73 bits per heavy atom. The Hall–Kier alpha value is -3.97. The summed E-state index contributed by atoms with van der Waals surface area (Å²) in [6.45, 7) is 0. The summed E-state index contributed by atoms with van der Waals surface area (Å²) in [4.78, 5) is 14.3. The number of fused-ring (bicyclic) bond motifs is 1. The second-order valence-electron chi connectivity index (χ2n) is 7.79. The summed E-state index contributed by atoms with van der Waals surface area (Å²) in [7, 11) is -4.28. The SMILES string of the molecule is O=C(O)CCc1cn(S(=O)(=O)c2ccc(Oc3ncc(C(F)(F)F)cc3Cl)cc2)c2cc(O)c(O)cc12. The lowest BCUT2D eigenvalue weighted by atomic mass is 10.1. The molecule has 0 bridgehead atoms. The Kier molecular flexibility index (Phi) is 6.69. The van der Waals surface area contributed by atoms with Crippen LogP contribution in [0.2, 0.25) is 5.02 Å². The van der Waals surface area contributed by atoms with E-state index in [1.54, 1.807) is 0 Å². The monoisotopic (exact) mass is 556 g/mol. The molecule has 0 saturated carbocycles. The van der Waals surface area contributed by atoms with E-state index in [9.17, 15) is 36.6 Å². The molecule has 0 fully saturated rings. The number of phenolic OH excluding ortho intramolecular Hbond substituents is 2. The number of carboxylic acids is 1. The highest BCUT2D eigenvalue weighted by atomic mass is 35.5. The van der Waals surface area contributed by atoms with E-state index in [-0.39, 0.29) is 40.3 Å². The van der Waals surface area contributed by atoms with Gasteiger partial charge in [-0.1, -0.05) is 11.6 Å². The van der Waals surface area contributed by atoms with Crippen LogP contribution in [0.4, 0.5) is 13.2 Å². The van der Waals surface area contributed by atoms with Gasteiger partial charge in [0.2, 0.25) is 5.88 Å². The first-order valence-corrected chi connectivity index (χ1v) is 12.1. The number of carboxylic acid groups (broad SMARTS) is 1. The van der Waals surface area contributed by atoms with Crippen molar-refractivity contribution in [1.82, 2.24) is 8.96 Å². The van der Waals surface area contributed by atoms with Crippen LogP contribution < -0.4 is 4.74 Å². The van der Waals surface area contributed by atoms with Crippen molar-refractivity contribution in [2.75, 3.05) is 0 Å². The van der Waals surface area contributed by atoms with Gasteiger partial charge in [-0.3, -0.25) is 4.79 Å². The van der Waals surface area contributed by atoms with Gasteiger partial charge in [-0.15, -0.1) is 0 Å². The third-order valence-corrected chi connectivity index (χ3v) is 7.25. The number of pyridine rings is 1. The molecule has 2 heterocycles. The maximum absolute atomic E-state index is 13.4. The zero-order valence-corrected chi connectivity index (χ0v) is 20.0. The molecule has 2 aromatic heterocycles. The van der Waals surface area contributed by atoms with Gasteiger partial charge in [0.25, 0.3) is 10.0 Å². The number of rotatable bonds is 7. The molecular formula is C23H16ClF3N2O7S. The molecule has 0 amide bonds. The van der Waals surface area contributed by atoms with Crippen molar-refractivity contribution >= 4 is 38.5 Å². The van der Waals surface area contributed by atoms with Gasteiger partial charge in [0.05, 0.1) is 16.0 Å². The number of aromatic nitrogens is 2. The molecule has 3 N–H and O–H groups in total. The summed E-state index contributed by atoms with van der Waals surface area (Å²) < 4.78 is 71.3. The third-order valence-electron chi connectivity index (χ3n) is 5.29. The van der Waals surface area contributed by atoms with Crippen LogP contribution >= 0.6 is 11.6 Å². The second kappa shape index (κ2) is 9.48. The standard InChI is InChI=1S/C23H16ClF3N2O7S/c24-17-7-13(23(25,26)27)10-28-22(17)36-14-2-4-15(5-3-14)37(34,35)29-11-12(1-6-21(32)33)16-8-19(30)20(31)9-18(16)29/h2-5,7-11,30-31H,1,6H2,(H,32,33). The largest absolute Gasteiger partial charge is 0.504 e. The molecule has 194 valence electrons. The fourth-order valence-corrected chi connectivity index (χ4v) is 5.07. The van der Waals surface area contributed by atoms with Gasteiger partial charge < -0.3 is 20.1 Å². The fourth-order valence-electron chi connectivity index (χ4n) is 3.49. The number of aryl methyl sites for hydroxylation is 1. The lowest BCUT2D eigenvalue weighted by Gasteiger charge is -2.11. The molecule has 4 aromatic rings. The predicted molar refractivity (Wildman–Crippen MR) is 125 cm³/mol. The quantitative estimate of drug-likeness (QED) is 0.265. The zero-order valence-electron chi connectivity index (χ0n) is 18.4. The highest BCUT2D eigenvalue weighted by molar-refractivity contribution is 7.90. The average molecular weight is 557 g/mol. The van der Waals surface area contributed by atoms with Gasteiger partial charge >= 0.3 is 12.1 Å². The van der Waals surface area contributed by atoms with Gasteiger partial charge in [0, 0.05) is 30.3 Å². The average Bonchev–Trinajstić information content (AvgIpc) is 3.17. The molecule has 2 aromatic carbocycles. The molecule has 4 rings (SSSR count). The Morgan fingerprint density at radius 3 is 2.32 bits per heavy atom. The summed E-state index contributed by atoms with van der Waals surface area (Å²) in [5.74, 6) is -2.46. The van der Waals surface area contributed by atoms with Crippen molar-refractivity contribution in [1.29, 1.82) is 0 Å². The number of hydrogen-bond acceptors (Lipinski definition) is 7. The van der Waals surface area contributed by atoms with Gasteiger partial charge in [0.1, 0.15) is 10.8 Å². The van der Waals surface area contributed by atoms with Crippen molar-refractivity contribution in [2.45, 2.75) is 23.9 Å². The minimum absolute atomic E-state index is 0.0109. The molecule has 0 atom stereocenters. The van der Waals surface area contributed by atoms with Crippen LogP contribution in [0.1, 0.15) is 17.5 Å². The number of ether oxygens (including phenoxy) is 1. The maximum atomic E-state index is 13.4. The number of benzene rings is 2. The van der Waals surface area contributed by atoms with Crippen LogP contribution in [0, 0.1) is 0 Å². The maximum Gasteiger partial charge on any atom is 0.417 e. The van der Waals surface area contributed by atoms with Crippen molar-refractivity contribution < 1.29 is 46.4 Å². The van der Waals surface area contributed by atoms with Crippen LogP contribution in [-0.4, -0.2) is 38.7 Å². The van der Waals surface area contributed by atoms with Crippen LogP contribution in [0.3, 0.4) is 0 Å². The number of aromatic hydroxyl groups is 2. The Labute approximate surface area is 212 Å². The molecule has 0 aliphatic carbocycles. The number of alkyl halides is 3. The van der Waals surface area contributed by atoms with E-state index in [4.69, 9.17) is 21.4 Å². The van der Waals surface area contributed by atoms with E-state index in [1.807, 2.05) is 0 Å².